The maximum atomic E-state index is 5.49. The van der Waals surface area contributed by atoms with Gasteiger partial charge in [0.2, 0.25) is 5.95 Å². The Morgan fingerprint density at radius 2 is 1.95 bits per heavy atom. The monoisotopic (exact) mass is 285 g/mol. The molecule has 1 aromatic carbocycles. The summed E-state index contributed by atoms with van der Waals surface area (Å²) >= 11 is 0. The molecule has 4 heteroatoms. The number of ether oxygens (including phenoxy) is 1. The normalized spacial score (nSPS) is 12.2. The van der Waals surface area contributed by atoms with Crippen LogP contribution in [-0.2, 0) is 0 Å². The third-order valence-electron chi connectivity index (χ3n) is 3.32. The van der Waals surface area contributed by atoms with Gasteiger partial charge >= 0.3 is 0 Å². The maximum absolute atomic E-state index is 5.49. The lowest BCUT2D eigenvalue weighted by atomic mass is 9.96. The van der Waals surface area contributed by atoms with Crippen LogP contribution >= 0.6 is 0 Å². The minimum Gasteiger partial charge on any atom is -0.496 e. The van der Waals surface area contributed by atoms with E-state index in [0.717, 1.165) is 23.4 Å². The highest BCUT2D eigenvalue weighted by Gasteiger charge is 2.18. The van der Waals surface area contributed by atoms with Gasteiger partial charge in [0.15, 0.2) is 0 Å². The Balaban J connectivity index is 2.30. The molecule has 0 fully saturated rings. The second-order valence-corrected chi connectivity index (χ2v) is 5.59. The number of nitrogens with one attached hydrogen (secondary N) is 1. The predicted molar refractivity (Wildman–Crippen MR) is 85.6 cm³/mol. The summed E-state index contributed by atoms with van der Waals surface area (Å²) in [6.45, 7) is 6.38. The van der Waals surface area contributed by atoms with Gasteiger partial charge in [-0.15, -0.1) is 0 Å². The molecule has 1 heterocycles. The van der Waals surface area contributed by atoms with Crippen LogP contribution in [0.2, 0.25) is 0 Å². The Bertz CT molecular complexity index is 584. The molecule has 0 spiro atoms. The van der Waals surface area contributed by atoms with Gasteiger partial charge in [-0.25, -0.2) is 9.97 Å². The summed E-state index contributed by atoms with van der Waals surface area (Å²) < 4.78 is 5.49. The Morgan fingerprint density at radius 3 is 2.62 bits per heavy atom. The fourth-order valence-electron chi connectivity index (χ4n) is 2.36. The Morgan fingerprint density at radius 1 is 1.19 bits per heavy atom. The Kier molecular flexibility index (Phi) is 5.14. The van der Waals surface area contributed by atoms with Crippen LogP contribution in [0.4, 0.5) is 5.95 Å². The van der Waals surface area contributed by atoms with Crippen molar-refractivity contribution in [2.24, 2.45) is 5.92 Å². The topological polar surface area (TPSA) is 47.0 Å². The maximum Gasteiger partial charge on any atom is 0.223 e. The number of anilines is 1. The van der Waals surface area contributed by atoms with Gasteiger partial charge in [0, 0.05) is 17.5 Å². The molecule has 1 atom stereocenters. The van der Waals surface area contributed by atoms with Gasteiger partial charge in [0.25, 0.3) is 0 Å². The standard InChI is InChI=1S/C17H23N3O/c1-12(2)11-15(14-7-5-6-8-16(14)21-4)20-17-18-10-9-13(3)19-17/h5-10,12,15H,11H2,1-4H3,(H,18,19,20). The summed E-state index contributed by atoms with van der Waals surface area (Å²) in [6.07, 6.45) is 2.76. The Labute approximate surface area is 126 Å². The van der Waals surface area contributed by atoms with Crippen molar-refractivity contribution in [1.29, 1.82) is 0 Å². The summed E-state index contributed by atoms with van der Waals surface area (Å²) in [5, 5.41) is 3.44. The van der Waals surface area contributed by atoms with E-state index in [2.05, 4.69) is 35.2 Å². The average Bonchev–Trinajstić information content (AvgIpc) is 2.46. The van der Waals surface area contributed by atoms with Crippen molar-refractivity contribution < 1.29 is 4.74 Å². The highest BCUT2D eigenvalue weighted by atomic mass is 16.5. The molecular weight excluding hydrogens is 262 g/mol. The van der Waals surface area contributed by atoms with E-state index in [0.29, 0.717) is 11.9 Å². The molecule has 0 amide bonds. The smallest absolute Gasteiger partial charge is 0.223 e. The zero-order chi connectivity index (χ0) is 15.2. The fourth-order valence-corrected chi connectivity index (χ4v) is 2.36. The van der Waals surface area contributed by atoms with Crippen LogP contribution in [0.15, 0.2) is 36.5 Å². The summed E-state index contributed by atoms with van der Waals surface area (Å²) in [7, 11) is 1.70. The van der Waals surface area contributed by atoms with Crippen molar-refractivity contribution in [3.63, 3.8) is 0 Å². The third-order valence-corrected chi connectivity index (χ3v) is 3.32. The lowest BCUT2D eigenvalue weighted by Crippen LogP contribution is -2.16. The molecule has 2 aromatic rings. The molecule has 0 aliphatic heterocycles. The van der Waals surface area contributed by atoms with Crippen LogP contribution in [-0.4, -0.2) is 17.1 Å². The second-order valence-electron chi connectivity index (χ2n) is 5.59. The lowest BCUT2D eigenvalue weighted by molar-refractivity contribution is 0.402. The van der Waals surface area contributed by atoms with Crippen LogP contribution in [0.1, 0.15) is 37.6 Å². The molecule has 21 heavy (non-hydrogen) atoms. The van der Waals surface area contributed by atoms with E-state index in [-0.39, 0.29) is 6.04 Å². The number of hydrogen-bond acceptors (Lipinski definition) is 4. The van der Waals surface area contributed by atoms with Crippen molar-refractivity contribution in [2.45, 2.75) is 33.2 Å². The fraction of sp³-hybridized carbons (Fsp3) is 0.412. The molecule has 0 aliphatic carbocycles. The van der Waals surface area contributed by atoms with Gasteiger partial charge in [0.1, 0.15) is 5.75 Å². The Hall–Kier alpha value is -2.10. The van der Waals surface area contributed by atoms with Crippen molar-refractivity contribution >= 4 is 5.95 Å². The molecule has 112 valence electrons. The van der Waals surface area contributed by atoms with Gasteiger partial charge in [-0.05, 0) is 31.4 Å². The minimum absolute atomic E-state index is 0.128. The quantitative estimate of drug-likeness (QED) is 0.871. The SMILES string of the molecule is COc1ccccc1C(CC(C)C)Nc1nccc(C)n1. The van der Waals surface area contributed by atoms with Gasteiger partial charge in [-0.3, -0.25) is 0 Å². The largest absolute Gasteiger partial charge is 0.496 e. The van der Waals surface area contributed by atoms with Gasteiger partial charge in [-0.2, -0.15) is 0 Å². The minimum atomic E-state index is 0.128. The first kappa shape index (κ1) is 15.3. The van der Waals surface area contributed by atoms with Crippen molar-refractivity contribution in [2.75, 3.05) is 12.4 Å². The predicted octanol–water partition coefficient (Wildman–Crippen LogP) is 3.99. The molecule has 0 saturated heterocycles. The first-order valence-corrected chi connectivity index (χ1v) is 7.29. The number of nitrogens with zero attached hydrogens (tertiary/aromatic N) is 2. The van der Waals surface area contributed by atoms with Crippen LogP contribution in [0.3, 0.4) is 0 Å². The number of hydrogen-bond donors (Lipinski definition) is 1. The van der Waals surface area contributed by atoms with E-state index in [9.17, 15) is 0 Å². The molecule has 1 aromatic heterocycles. The van der Waals surface area contributed by atoms with E-state index in [1.165, 1.54) is 0 Å². The van der Waals surface area contributed by atoms with Crippen molar-refractivity contribution in [3.8, 4) is 5.75 Å². The van der Waals surface area contributed by atoms with Crippen LogP contribution < -0.4 is 10.1 Å². The lowest BCUT2D eigenvalue weighted by Gasteiger charge is -2.23. The van der Waals surface area contributed by atoms with E-state index in [1.54, 1.807) is 13.3 Å². The summed E-state index contributed by atoms with van der Waals surface area (Å²) in [4.78, 5) is 8.74. The summed E-state index contributed by atoms with van der Waals surface area (Å²) in [6, 6.07) is 10.1. The van der Waals surface area contributed by atoms with Gasteiger partial charge in [0.05, 0.1) is 13.2 Å². The number of aryl methyl sites for hydroxylation is 1. The molecule has 1 unspecified atom stereocenters. The van der Waals surface area contributed by atoms with Gasteiger partial charge in [-0.1, -0.05) is 32.0 Å². The molecule has 0 bridgehead atoms. The van der Waals surface area contributed by atoms with E-state index in [4.69, 9.17) is 4.74 Å². The van der Waals surface area contributed by atoms with Crippen LogP contribution in [0.5, 0.6) is 5.75 Å². The highest BCUT2D eigenvalue weighted by molar-refractivity contribution is 5.40. The van der Waals surface area contributed by atoms with E-state index in [1.807, 2.05) is 31.2 Å². The summed E-state index contributed by atoms with van der Waals surface area (Å²) in [5.74, 6) is 2.10. The zero-order valence-corrected chi connectivity index (χ0v) is 13.1. The number of rotatable bonds is 6. The molecule has 1 N–H and O–H groups in total. The molecule has 0 radical (unpaired) electrons. The van der Waals surface area contributed by atoms with Crippen molar-refractivity contribution in [1.82, 2.24) is 9.97 Å². The molecule has 4 nitrogen and oxygen atoms in total. The molecule has 2 rings (SSSR count). The zero-order valence-electron chi connectivity index (χ0n) is 13.1. The molecule has 0 saturated carbocycles. The number of para-hydroxylation sites is 1. The first-order chi connectivity index (χ1) is 10.1. The summed E-state index contributed by atoms with van der Waals surface area (Å²) in [5.41, 5.74) is 2.09. The average molecular weight is 285 g/mol. The second kappa shape index (κ2) is 7.07. The van der Waals surface area contributed by atoms with E-state index < -0.39 is 0 Å². The molecule has 0 aliphatic rings. The number of methoxy groups -OCH3 is 1. The first-order valence-electron chi connectivity index (χ1n) is 7.29. The van der Waals surface area contributed by atoms with Gasteiger partial charge < -0.3 is 10.1 Å². The van der Waals surface area contributed by atoms with Crippen LogP contribution in [0, 0.1) is 12.8 Å². The number of aromatic nitrogens is 2. The molecular formula is C17H23N3O. The van der Waals surface area contributed by atoms with Crippen molar-refractivity contribution in [3.05, 3.63) is 47.8 Å². The highest BCUT2D eigenvalue weighted by Crippen LogP contribution is 2.31. The third kappa shape index (κ3) is 4.18. The number of benzene rings is 1. The van der Waals surface area contributed by atoms with E-state index >= 15 is 0 Å². The van der Waals surface area contributed by atoms with Crippen LogP contribution in [0.25, 0.3) is 0 Å².